The van der Waals surface area contributed by atoms with E-state index in [1.54, 1.807) is 23.4 Å². The van der Waals surface area contributed by atoms with E-state index in [0.29, 0.717) is 29.6 Å². The first-order valence-corrected chi connectivity index (χ1v) is 9.32. The summed E-state index contributed by atoms with van der Waals surface area (Å²) in [6.45, 7) is 9.46. The molecular weight excluding hydrogens is 352 g/mol. The molecule has 0 bridgehead atoms. The Balaban J connectivity index is 2.34. The van der Waals surface area contributed by atoms with Crippen molar-refractivity contribution in [3.8, 4) is 0 Å². The topological polar surface area (TPSA) is 63.4 Å². The van der Waals surface area contributed by atoms with Gasteiger partial charge in [-0.3, -0.25) is 0 Å². The zero-order valence-corrected chi connectivity index (χ0v) is 15.4. The van der Waals surface area contributed by atoms with Crippen LogP contribution in [0.3, 0.4) is 0 Å². The summed E-state index contributed by atoms with van der Waals surface area (Å²) in [5.41, 5.74) is 7.14. The fraction of sp³-hybridized carbons (Fsp3) is 0.600. The minimum Gasteiger partial charge on any atom is -0.398 e. The lowest BCUT2D eigenvalue weighted by Gasteiger charge is -2.27. The molecule has 0 aliphatic carbocycles. The molecule has 0 saturated carbocycles. The van der Waals surface area contributed by atoms with Crippen LogP contribution in [-0.4, -0.2) is 25.8 Å². The molecule has 0 radical (unpaired) electrons. The third-order valence-corrected chi connectivity index (χ3v) is 6.98. The summed E-state index contributed by atoms with van der Waals surface area (Å²) in [7, 11) is -3.47. The van der Waals surface area contributed by atoms with Crippen molar-refractivity contribution < 1.29 is 8.42 Å². The van der Waals surface area contributed by atoms with Crippen LogP contribution in [0.15, 0.2) is 21.5 Å². The van der Waals surface area contributed by atoms with E-state index in [-0.39, 0.29) is 5.41 Å². The number of hydrogen-bond donors (Lipinski definition) is 1. The smallest absolute Gasteiger partial charge is 0.243 e. The first-order chi connectivity index (χ1) is 9.53. The Kier molecular flexibility index (Phi) is 4.44. The van der Waals surface area contributed by atoms with Gasteiger partial charge in [-0.1, -0.05) is 20.8 Å². The third kappa shape index (κ3) is 3.27. The minimum absolute atomic E-state index is 0.123. The van der Waals surface area contributed by atoms with Crippen LogP contribution in [0, 0.1) is 18.3 Å². The van der Waals surface area contributed by atoms with Gasteiger partial charge in [-0.05, 0) is 58.3 Å². The van der Waals surface area contributed by atoms with Crippen LogP contribution >= 0.6 is 15.9 Å². The zero-order chi connectivity index (χ0) is 16.0. The number of nitrogens with two attached hydrogens (primary N) is 1. The van der Waals surface area contributed by atoms with Crippen molar-refractivity contribution in [2.45, 2.75) is 39.0 Å². The summed E-state index contributed by atoms with van der Waals surface area (Å²) in [6.07, 6.45) is 0.911. The largest absolute Gasteiger partial charge is 0.398 e. The van der Waals surface area contributed by atoms with Crippen LogP contribution in [0.1, 0.15) is 32.8 Å². The molecule has 1 aliphatic rings. The van der Waals surface area contributed by atoms with Crippen molar-refractivity contribution in [1.29, 1.82) is 0 Å². The molecule has 118 valence electrons. The van der Waals surface area contributed by atoms with E-state index in [2.05, 4.69) is 36.7 Å². The summed E-state index contributed by atoms with van der Waals surface area (Å²) in [6, 6.07) is 3.32. The number of anilines is 1. The highest BCUT2D eigenvalue weighted by molar-refractivity contribution is 9.10. The maximum Gasteiger partial charge on any atom is 0.243 e. The number of sulfonamides is 1. The van der Waals surface area contributed by atoms with Crippen molar-refractivity contribution in [2.24, 2.45) is 11.3 Å². The molecule has 0 amide bonds. The maximum atomic E-state index is 12.8. The molecule has 2 rings (SSSR count). The molecule has 1 fully saturated rings. The van der Waals surface area contributed by atoms with Gasteiger partial charge in [-0.25, -0.2) is 8.42 Å². The Morgan fingerprint density at radius 3 is 2.48 bits per heavy atom. The zero-order valence-electron chi connectivity index (χ0n) is 13.0. The van der Waals surface area contributed by atoms with Crippen LogP contribution in [0.4, 0.5) is 5.69 Å². The molecule has 6 heteroatoms. The van der Waals surface area contributed by atoms with E-state index < -0.39 is 10.0 Å². The maximum absolute atomic E-state index is 12.8. The van der Waals surface area contributed by atoms with Gasteiger partial charge in [0.15, 0.2) is 0 Å². The second-order valence-corrected chi connectivity index (χ2v) is 9.61. The number of hydrogen-bond acceptors (Lipinski definition) is 3. The van der Waals surface area contributed by atoms with Gasteiger partial charge >= 0.3 is 0 Å². The van der Waals surface area contributed by atoms with E-state index in [1.165, 1.54) is 0 Å². The normalized spacial score (nSPS) is 20.9. The number of halogens is 1. The monoisotopic (exact) mass is 374 g/mol. The van der Waals surface area contributed by atoms with Crippen LogP contribution in [-0.2, 0) is 10.0 Å². The summed E-state index contributed by atoms with van der Waals surface area (Å²) in [5, 5.41) is 0. The molecule has 1 aromatic rings. The molecular formula is C15H23BrN2O2S. The number of rotatable bonds is 2. The SMILES string of the molecule is Cc1cc(Br)c(N)cc1S(=O)(=O)N1CCC(C(C)(C)C)C1. The standard InChI is InChI=1S/C15H23BrN2O2S/c1-10-7-12(16)13(17)8-14(10)21(19,20)18-6-5-11(9-18)15(2,3)4/h7-8,11H,5-6,9,17H2,1-4H3. The number of benzene rings is 1. The van der Waals surface area contributed by atoms with Gasteiger partial charge in [0.2, 0.25) is 10.0 Å². The predicted octanol–water partition coefficient (Wildman–Crippen LogP) is 3.40. The number of nitrogen functional groups attached to an aromatic ring is 1. The van der Waals surface area contributed by atoms with E-state index >= 15 is 0 Å². The van der Waals surface area contributed by atoms with Gasteiger partial charge in [0.25, 0.3) is 0 Å². The second-order valence-electron chi connectivity index (χ2n) is 6.85. The van der Waals surface area contributed by atoms with Gasteiger partial charge in [-0.2, -0.15) is 4.31 Å². The fourth-order valence-corrected chi connectivity index (χ4v) is 4.94. The lowest BCUT2D eigenvalue weighted by atomic mass is 9.80. The highest BCUT2D eigenvalue weighted by atomic mass is 79.9. The summed E-state index contributed by atoms with van der Waals surface area (Å²) < 4.78 is 28.0. The molecule has 1 saturated heterocycles. The van der Waals surface area contributed by atoms with E-state index in [1.807, 2.05) is 0 Å². The average molecular weight is 375 g/mol. The van der Waals surface area contributed by atoms with Crippen LogP contribution in [0.25, 0.3) is 0 Å². The predicted molar refractivity (Wildman–Crippen MR) is 89.6 cm³/mol. The molecule has 21 heavy (non-hydrogen) atoms. The summed E-state index contributed by atoms with van der Waals surface area (Å²) in [5.74, 6) is 0.389. The summed E-state index contributed by atoms with van der Waals surface area (Å²) in [4.78, 5) is 0.317. The highest BCUT2D eigenvalue weighted by Crippen LogP contribution is 2.37. The van der Waals surface area contributed by atoms with E-state index in [4.69, 9.17) is 5.73 Å². The fourth-order valence-electron chi connectivity index (χ4n) is 2.74. The van der Waals surface area contributed by atoms with Crippen LogP contribution in [0.2, 0.25) is 0 Å². The van der Waals surface area contributed by atoms with Gasteiger partial charge in [0.1, 0.15) is 0 Å². The Labute approximate surface area is 135 Å². The lowest BCUT2D eigenvalue weighted by Crippen LogP contribution is -2.31. The van der Waals surface area contributed by atoms with E-state index in [9.17, 15) is 8.42 Å². The molecule has 1 atom stereocenters. The molecule has 1 aliphatic heterocycles. The quantitative estimate of drug-likeness (QED) is 0.806. The lowest BCUT2D eigenvalue weighted by molar-refractivity contribution is 0.252. The van der Waals surface area contributed by atoms with E-state index in [0.717, 1.165) is 16.5 Å². The number of nitrogens with zero attached hydrogens (tertiary/aromatic N) is 1. The van der Waals surface area contributed by atoms with Crippen molar-refractivity contribution in [3.05, 3.63) is 22.2 Å². The second kappa shape index (κ2) is 5.56. The molecule has 4 nitrogen and oxygen atoms in total. The van der Waals surface area contributed by atoms with Gasteiger partial charge in [0, 0.05) is 23.2 Å². The Morgan fingerprint density at radius 2 is 1.95 bits per heavy atom. The first kappa shape index (κ1) is 16.8. The van der Waals surface area contributed by atoms with Crippen LogP contribution in [0.5, 0.6) is 0 Å². The van der Waals surface area contributed by atoms with Crippen LogP contribution < -0.4 is 5.73 Å². The van der Waals surface area contributed by atoms with Crippen molar-refractivity contribution in [1.82, 2.24) is 4.31 Å². The first-order valence-electron chi connectivity index (χ1n) is 7.09. The van der Waals surface area contributed by atoms with Gasteiger partial charge < -0.3 is 5.73 Å². The Hall–Kier alpha value is -0.590. The van der Waals surface area contributed by atoms with Crippen molar-refractivity contribution >= 4 is 31.6 Å². The van der Waals surface area contributed by atoms with Crippen molar-refractivity contribution in [2.75, 3.05) is 18.8 Å². The molecule has 1 heterocycles. The van der Waals surface area contributed by atoms with Gasteiger partial charge in [0.05, 0.1) is 4.90 Å². The van der Waals surface area contributed by atoms with Gasteiger partial charge in [-0.15, -0.1) is 0 Å². The Morgan fingerprint density at radius 1 is 1.33 bits per heavy atom. The molecule has 2 N–H and O–H groups in total. The molecule has 0 aromatic heterocycles. The molecule has 0 spiro atoms. The highest BCUT2D eigenvalue weighted by Gasteiger charge is 2.38. The molecule has 1 aromatic carbocycles. The summed E-state index contributed by atoms with van der Waals surface area (Å²) >= 11 is 3.33. The van der Waals surface area contributed by atoms with Crippen molar-refractivity contribution in [3.63, 3.8) is 0 Å². The Bertz CT molecular complexity index is 650. The minimum atomic E-state index is -3.47. The third-order valence-electron chi connectivity index (χ3n) is 4.29. The average Bonchev–Trinajstić information content (AvgIpc) is 2.83. The molecule has 1 unspecified atom stereocenters. The number of aryl methyl sites for hydroxylation is 1.